The van der Waals surface area contributed by atoms with Crippen LogP contribution in [0.15, 0.2) is 42.5 Å². The second kappa shape index (κ2) is 8.25. The number of hydrogen-bond acceptors (Lipinski definition) is 3. The van der Waals surface area contributed by atoms with Gasteiger partial charge in [-0.2, -0.15) is 0 Å². The van der Waals surface area contributed by atoms with Crippen LogP contribution in [0.3, 0.4) is 0 Å². The predicted octanol–water partition coefficient (Wildman–Crippen LogP) is 5.32. The van der Waals surface area contributed by atoms with Crippen molar-refractivity contribution in [1.82, 2.24) is 14.9 Å². The number of fused-ring (bicyclic) bond motifs is 1. The van der Waals surface area contributed by atoms with Crippen molar-refractivity contribution in [2.45, 2.75) is 38.8 Å². The van der Waals surface area contributed by atoms with Crippen molar-refractivity contribution in [3.8, 4) is 0 Å². The number of anilines is 1. The smallest absolute Gasteiger partial charge is 0.253 e. The van der Waals surface area contributed by atoms with Gasteiger partial charge in [0.2, 0.25) is 5.95 Å². The molecule has 2 aromatic carbocycles. The lowest BCUT2D eigenvalue weighted by Crippen LogP contribution is -2.45. The van der Waals surface area contributed by atoms with Gasteiger partial charge < -0.3 is 14.8 Å². The van der Waals surface area contributed by atoms with Gasteiger partial charge in [0, 0.05) is 30.2 Å². The van der Waals surface area contributed by atoms with Crippen molar-refractivity contribution >= 4 is 46.1 Å². The van der Waals surface area contributed by atoms with E-state index >= 15 is 0 Å². The Morgan fingerprint density at radius 3 is 2.55 bits per heavy atom. The normalized spacial score (nSPS) is 15.3. The van der Waals surface area contributed by atoms with E-state index in [1.165, 1.54) is 0 Å². The first kappa shape index (κ1) is 20.0. The number of para-hydroxylation sites is 2. The number of halogens is 2. The first-order chi connectivity index (χ1) is 13.9. The highest BCUT2D eigenvalue weighted by Gasteiger charge is 2.26. The molecule has 1 amide bonds. The highest BCUT2D eigenvalue weighted by molar-refractivity contribution is 6.36. The Labute approximate surface area is 180 Å². The maximum Gasteiger partial charge on any atom is 0.253 e. The van der Waals surface area contributed by atoms with Crippen molar-refractivity contribution in [3.05, 3.63) is 58.1 Å². The number of carbonyl (C=O) groups excluding carboxylic acids is 1. The minimum atomic E-state index is -0.153. The van der Waals surface area contributed by atoms with Crippen LogP contribution in [0, 0.1) is 0 Å². The largest absolute Gasteiger partial charge is 0.349 e. The number of amides is 1. The maximum atomic E-state index is 12.6. The summed E-state index contributed by atoms with van der Waals surface area (Å²) in [4.78, 5) is 19.8. The molecular formula is C22H24Cl2N4O. The summed E-state index contributed by atoms with van der Waals surface area (Å²) in [6.07, 6.45) is 1.72. The monoisotopic (exact) mass is 430 g/mol. The predicted molar refractivity (Wildman–Crippen MR) is 119 cm³/mol. The standard InChI is InChI=1S/C22H24Cl2N4O/c1-14(2)28-20-6-4-3-5-19(20)26-22(28)27-11-9-16(10-12-27)25-21(29)17-8-7-15(23)13-18(17)24/h3-8,13-14,16H,9-12H2,1-2H3,(H,25,29). The third kappa shape index (κ3) is 4.07. The number of nitrogens with one attached hydrogen (secondary N) is 1. The first-order valence-electron chi connectivity index (χ1n) is 9.92. The summed E-state index contributed by atoms with van der Waals surface area (Å²) in [5, 5.41) is 4.01. The van der Waals surface area contributed by atoms with Crippen molar-refractivity contribution in [1.29, 1.82) is 0 Å². The molecule has 1 N–H and O–H groups in total. The number of imidazole rings is 1. The molecule has 1 aliphatic heterocycles. The maximum absolute atomic E-state index is 12.6. The van der Waals surface area contributed by atoms with E-state index in [4.69, 9.17) is 28.2 Å². The molecule has 2 heterocycles. The molecule has 1 aromatic heterocycles. The molecule has 1 saturated heterocycles. The van der Waals surface area contributed by atoms with E-state index < -0.39 is 0 Å². The molecule has 1 fully saturated rings. The summed E-state index contributed by atoms with van der Waals surface area (Å²) in [7, 11) is 0. The number of benzene rings is 2. The molecule has 5 nitrogen and oxygen atoms in total. The zero-order valence-electron chi connectivity index (χ0n) is 16.5. The van der Waals surface area contributed by atoms with Crippen LogP contribution in [0.1, 0.15) is 43.1 Å². The number of hydrogen-bond donors (Lipinski definition) is 1. The molecule has 0 unspecified atom stereocenters. The molecule has 4 rings (SSSR count). The lowest BCUT2D eigenvalue weighted by atomic mass is 10.0. The van der Waals surface area contributed by atoms with Crippen LogP contribution in [-0.4, -0.2) is 34.6 Å². The Kier molecular flexibility index (Phi) is 5.70. The van der Waals surface area contributed by atoms with Crippen LogP contribution in [0.2, 0.25) is 10.0 Å². The average molecular weight is 431 g/mol. The van der Waals surface area contributed by atoms with E-state index in [1.54, 1.807) is 18.2 Å². The fourth-order valence-electron chi connectivity index (χ4n) is 3.92. The summed E-state index contributed by atoms with van der Waals surface area (Å²) in [6.45, 7) is 6.05. The van der Waals surface area contributed by atoms with Gasteiger partial charge in [0.1, 0.15) is 0 Å². The van der Waals surface area contributed by atoms with E-state index in [9.17, 15) is 4.79 Å². The Balaban J connectivity index is 1.45. The lowest BCUT2D eigenvalue weighted by molar-refractivity contribution is 0.0931. The molecule has 7 heteroatoms. The first-order valence-corrected chi connectivity index (χ1v) is 10.7. The van der Waals surface area contributed by atoms with E-state index in [0.717, 1.165) is 42.9 Å². The summed E-state index contributed by atoms with van der Waals surface area (Å²) in [5.74, 6) is 0.853. The van der Waals surface area contributed by atoms with Crippen LogP contribution in [0.5, 0.6) is 0 Å². The minimum absolute atomic E-state index is 0.113. The zero-order chi connectivity index (χ0) is 20.5. The third-order valence-corrected chi connectivity index (χ3v) is 5.93. The third-order valence-electron chi connectivity index (χ3n) is 5.38. The van der Waals surface area contributed by atoms with E-state index in [2.05, 4.69) is 46.8 Å². The quantitative estimate of drug-likeness (QED) is 0.608. The molecule has 29 heavy (non-hydrogen) atoms. The van der Waals surface area contributed by atoms with Gasteiger partial charge in [0.15, 0.2) is 0 Å². The Morgan fingerprint density at radius 1 is 1.14 bits per heavy atom. The van der Waals surface area contributed by atoms with Crippen molar-refractivity contribution < 1.29 is 4.79 Å². The number of rotatable bonds is 4. The van der Waals surface area contributed by atoms with Crippen LogP contribution in [0.25, 0.3) is 11.0 Å². The summed E-state index contributed by atoms with van der Waals surface area (Å²) in [5.41, 5.74) is 2.63. The fraction of sp³-hybridized carbons (Fsp3) is 0.364. The van der Waals surface area contributed by atoms with Gasteiger partial charge in [0.05, 0.1) is 21.6 Å². The van der Waals surface area contributed by atoms with Crippen LogP contribution >= 0.6 is 23.2 Å². The molecule has 0 aliphatic carbocycles. The van der Waals surface area contributed by atoms with E-state index in [0.29, 0.717) is 21.7 Å². The lowest BCUT2D eigenvalue weighted by Gasteiger charge is -2.34. The van der Waals surface area contributed by atoms with Crippen molar-refractivity contribution in [2.24, 2.45) is 0 Å². The highest BCUT2D eigenvalue weighted by Crippen LogP contribution is 2.29. The van der Waals surface area contributed by atoms with Crippen LogP contribution in [-0.2, 0) is 0 Å². The van der Waals surface area contributed by atoms with Gasteiger partial charge >= 0.3 is 0 Å². The van der Waals surface area contributed by atoms with Crippen LogP contribution in [0.4, 0.5) is 5.95 Å². The number of aromatic nitrogens is 2. The molecule has 0 atom stereocenters. The number of piperidine rings is 1. The summed E-state index contributed by atoms with van der Waals surface area (Å²) < 4.78 is 2.29. The van der Waals surface area contributed by atoms with Crippen molar-refractivity contribution in [2.75, 3.05) is 18.0 Å². The Hall–Kier alpha value is -2.24. The van der Waals surface area contributed by atoms with Gasteiger partial charge in [0.25, 0.3) is 5.91 Å². The Morgan fingerprint density at radius 2 is 1.86 bits per heavy atom. The molecule has 0 bridgehead atoms. The van der Waals surface area contributed by atoms with Gasteiger partial charge in [-0.15, -0.1) is 0 Å². The van der Waals surface area contributed by atoms with Gasteiger partial charge in [-0.1, -0.05) is 35.3 Å². The van der Waals surface area contributed by atoms with E-state index in [-0.39, 0.29) is 11.9 Å². The summed E-state index contributed by atoms with van der Waals surface area (Å²) >= 11 is 12.1. The molecule has 0 saturated carbocycles. The van der Waals surface area contributed by atoms with Crippen molar-refractivity contribution in [3.63, 3.8) is 0 Å². The van der Waals surface area contributed by atoms with Gasteiger partial charge in [-0.05, 0) is 57.0 Å². The average Bonchev–Trinajstić information content (AvgIpc) is 3.08. The van der Waals surface area contributed by atoms with Gasteiger partial charge in [-0.25, -0.2) is 4.98 Å². The zero-order valence-corrected chi connectivity index (χ0v) is 18.0. The second-order valence-corrected chi connectivity index (χ2v) is 8.57. The van der Waals surface area contributed by atoms with E-state index in [1.807, 2.05) is 6.07 Å². The summed E-state index contributed by atoms with van der Waals surface area (Å²) in [6, 6.07) is 13.6. The van der Waals surface area contributed by atoms with Crippen LogP contribution < -0.4 is 10.2 Å². The number of nitrogens with zero attached hydrogens (tertiary/aromatic N) is 3. The van der Waals surface area contributed by atoms with Gasteiger partial charge in [-0.3, -0.25) is 4.79 Å². The topological polar surface area (TPSA) is 50.2 Å². The fourth-order valence-corrected chi connectivity index (χ4v) is 4.42. The molecule has 152 valence electrons. The minimum Gasteiger partial charge on any atom is -0.349 e. The molecule has 0 spiro atoms. The Bertz CT molecular complexity index is 1040. The molecular weight excluding hydrogens is 407 g/mol. The second-order valence-electron chi connectivity index (χ2n) is 7.72. The highest BCUT2D eigenvalue weighted by atomic mass is 35.5. The molecule has 0 radical (unpaired) electrons. The SMILES string of the molecule is CC(C)n1c(N2CCC(NC(=O)c3ccc(Cl)cc3Cl)CC2)nc2ccccc21. The number of carbonyl (C=O) groups is 1. The molecule has 3 aromatic rings. The molecule has 1 aliphatic rings.